The SMILES string of the molecule is O=C(CCC1Cc2ccccc2NC1=O)Nc1nc(-c2ccc3ccccc3c2)cs1. The monoisotopic (exact) mass is 427 g/mol. The average molecular weight is 428 g/mol. The van der Waals surface area contributed by atoms with Crippen molar-refractivity contribution in [1.29, 1.82) is 0 Å². The Balaban J connectivity index is 1.20. The second kappa shape index (κ2) is 8.32. The van der Waals surface area contributed by atoms with E-state index >= 15 is 0 Å². The molecule has 0 fully saturated rings. The van der Waals surface area contributed by atoms with E-state index in [-0.39, 0.29) is 24.2 Å². The fourth-order valence-electron chi connectivity index (χ4n) is 3.95. The number of para-hydroxylation sites is 1. The van der Waals surface area contributed by atoms with Gasteiger partial charge >= 0.3 is 0 Å². The quantitative estimate of drug-likeness (QED) is 0.442. The van der Waals surface area contributed by atoms with E-state index in [1.165, 1.54) is 16.7 Å². The summed E-state index contributed by atoms with van der Waals surface area (Å²) in [5, 5.41) is 10.7. The third-order valence-electron chi connectivity index (χ3n) is 5.63. The maximum Gasteiger partial charge on any atom is 0.227 e. The van der Waals surface area contributed by atoms with Gasteiger partial charge in [-0.05, 0) is 41.3 Å². The zero-order valence-corrected chi connectivity index (χ0v) is 17.6. The van der Waals surface area contributed by atoms with Crippen molar-refractivity contribution in [3.05, 3.63) is 77.7 Å². The van der Waals surface area contributed by atoms with Crippen LogP contribution in [-0.2, 0) is 16.0 Å². The van der Waals surface area contributed by atoms with Crippen LogP contribution in [0.1, 0.15) is 18.4 Å². The Labute approximate surface area is 184 Å². The van der Waals surface area contributed by atoms with E-state index in [1.54, 1.807) is 0 Å². The van der Waals surface area contributed by atoms with E-state index in [0.717, 1.165) is 27.9 Å². The first-order chi connectivity index (χ1) is 15.2. The number of carbonyl (C=O) groups is 2. The first-order valence-corrected chi connectivity index (χ1v) is 11.2. The van der Waals surface area contributed by atoms with E-state index in [1.807, 2.05) is 47.8 Å². The lowest BCUT2D eigenvalue weighted by molar-refractivity contribution is -0.121. The van der Waals surface area contributed by atoms with E-state index in [9.17, 15) is 9.59 Å². The zero-order chi connectivity index (χ0) is 21.2. The van der Waals surface area contributed by atoms with Gasteiger partial charge in [-0.15, -0.1) is 11.3 Å². The molecule has 5 rings (SSSR count). The summed E-state index contributed by atoms with van der Waals surface area (Å²) in [5.74, 6) is -0.324. The topological polar surface area (TPSA) is 71.1 Å². The van der Waals surface area contributed by atoms with Crippen molar-refractivity contribution < 1.29 is 9.59 Å². The molecule has 1 aromatic heterocycles. The number of thiazole rings is 1. The minimum Gasteiger partial charge on any atom is -0.326 e. The number of hydrogen-bond acceptors (Lipinski definition) is 4. The molecular weight excluding hydrogens is 406 g/mol. The first-order valence-electron chi connectivity index (χ1n) is 10.3. The van der Waals surface area contributed by atoms with E-state index in [0.29, 0.717) is 18.0 Å². The van der Waals surface area contributed by atoms with E-state index < -0.39 is 0 Å². The molecule has 31 heavy (non-hydrogen) atoms. The maximum absolute atomic E-state index is 12.5. The Hall–Kier alpha value is -3.51. The van der Waals surface area contributed by atoms with Crippen LogP contribution in [0.3, 0.4) is 0 Å². The van der Waals surface area contributed by atoms with Crippen molar-refractivity contribution in [3.63, 3.8) is 0 Å². The van der Waals surface area contributed by atoms with Gasteiger partial charge in [-0.1, -0.05) is 54.6 Å². The molecule has 3 aromatic carbocycles. The van der Waals surface area contributed by atoms with Crippen LogP contribution in [0.5, 0.6) is 0 Å². The van der Waals surface area contributed by atoms with Gasteiger partial charge < -0.3 is 10.6 Å². The standard InChI is InChI=1S/C25H21N3O2S/c29-23(12-11-20-14-18-7-3-4-8-21(18)26-24(20)30)28-25-27-22(15-31-25)19-10-9-16-5-1-2-6-17(16)13-19/h1-10,13,15,20H,11-12,14H2,(H,26,30)(H,27,28,29). The molecule has 0 saturated carbocycles. The smallest absolute Gasteiger partial charge is 0.227 e. The lowest BCUT2D eigenvalue weighted by atomic mass is 9.89. The van der Waals surface area contributed by atoms with E-state index in [2.05, 4.69) is 39.9 Å². The highest BCUT2D eigenvalue weighted by Gasteiger charge is 2.26. The van der Waals surface area contributed by atoms with Gasteiger partial charge in [-0.2, -0.15) is 0 Å². The Morgan fingerprint density at radius 1 is 1.06 bits per heavy atom. The predicted molar refractivity (Wildman–Crippen MR) is 125 cm³/mol. The number of nitrogens with one attached hydrogen (secondary N) is 2. The molecule has 0 saturated heterocycles. The van der Waals surface area contributed by atoms with Gasteiger partial charge in [-0.3, -0.25) is 9.59 Å². The van der Waals surface area contributed by atoms with Crippen molar-refractivity contribution in [2.75, 3.05) is 10.6 Å². The molecule has 2 heterocycles. The third-order valence-corrected chi connectivity index (χ3v) is 6.39. The molecule has 2 amide bonds. The van der Waals surface area contributed by atoms with Crippen molar-refractivity contribution in [1.82, 2.24) is 4.98 Å². The lowest BCUT2D eigenvalue weighted by Gasteiger charge is -2.24. The highest BCUT2D eigenvalue weighted by Crippen LogP contribution is 2.29. The molecule has 154 valence electrons. The number of anilines is 2. The van der Waals surface area contributed by atoms with Gasteiger partial charge in [0.05, 0.1) is 5.69 Å². The fraction of sp³-hybridized carbons (Fsp3) is 0.160. The minimum absolute atomic E-state index is 0.0145. The van der Waals surface area contributed by atoms with Gasteiger partial charge in [0.2, 0.25) is 11.8 Å². The van der Waals surface area contributed by atoms with Crippen molar-refractivity contribution in [3.8, 4) is 11.3 Å². The second-order valence-electron chi connectivity index (χ2n) is 7.73. The van der Waals surface area contributed by atoms with Gasteiger partial charge in [0, 0.05) is 29.0 Å². The van der Waals surface area contributed by atoms with Crippen LogP contribution in [0.15, 0.2) is 72.1 Å². The van der Waals surface area contributed by atoms with Crippen LogP contribution in [0.4, 0.5) is 10.8 Å². The summed E-state index contributed by atoms with van der Waals surface area (Å²) < 4.78 is 0. The van der Waals surface area contributed by atoms with Gasteiger partial charge in [0.1, 0.15) is 0 Å². The summed E-state index contributed by atoms with van der Waals surface area (Å²) in [6.07, 6.45) is 1.46. The van der Waals surface area contributed by atoms with Crippen LogP contribution >= 0.6 is 11.3 Å². The van der Waals surface area contributed by atoms with Crippen molar-refractivity contribution in [2.24, 2.45) is 5.92 Å². The maximum atomic E-state index is 12.5. The van der Waals surface area contributed by atoms with Crippen molar-refractivity contribution in [2.45, 2.75) is 19.3 Å². The molecule has 6 heteroatoms. The molecule has 0 aliphatic carbocycles. The first kappa shape index (κ1) is 19.5. The molecule has 0 radical (unpaired) electrons. The molecule has 2 N–H and O–H groups in total. The Morgan fingerprint density at radius 2 is 1.87 bits per heavy atom. The molecule has 5 nitrogen and oxygen atoms in total. The van der Waals surface area contributed by atoms with E-state index in [4.69, 9.17) is 0 Å². The number of aromatic nitrogens is 1. The fourth-order valence-corrected chi connectivity index (χ4v) is 4.68. The zero-order valence-electron chi connectivity index (χ0n) is 16.8. The molecule has 1 aliphatic heterocycles. The van der Waals surface area contributed by atoms with Crippen LogP contribution in [-0.4, -0.2) is 16.8 Å². The number of hydrogen-bond donors (Lipinski definition) is 2. The minimum atomic E-state index is -0.190. The van der Waals surface area contributed by atoms with Crippen LogP contribution in [0.25, 0.3) is 22.0 Å². The van der Waals surface area contributed by atoms with Crippen LogP contribution in [0, 0.1) is 5.92 Å². The summed E-state index contributed by atoms with van der Waals surface area (Å²) in [6, 6.07) is 22.2. The third kappa shape index (κ3) is 4.20. The van der Waals surface area contributed by atoms with Crippen molar-refractivity contribution >= 4 is 44.7 Å². The van der Waals surface area contributed by atoms with Crippen LogP contribution < -0.4 is 10.6 Å². The number of carbonyl (C=O) groups excluding carboxylic acids is 2. The average Bonchev–Trinajstić information content (AvgIpc) is 3.25. The molecule has 1 unspecified atom stereocenters. The number of nitrogens with zero attached hydrogens (tertiary/aromatic N) is 1. The van der Waals surface area contributed by atoms with Gasteiger partial charge in [0.25, 0.3) is 0 Å². The normalized spacial score (nSPS) is 15.4. The molecular formula is C25H21N3O2S. The van der Waals surface area contributed by atoms with Gasteiger partial charge in [0.15, 0.2) is 5.13 Å². The summed E-state index contributed by atoms with van der Waals surface area (Å²) in [6.45, 7) is 0. The molecule has 0 spiro atoms. The largest absolute Gasteiger partial charge is 0.326 e. The predicted octanol–water partition coefficient (Wildman–Crippen LogP) is 5.49. The number of benzene rings is 3. The van der Waals surface area contributed by atoms with Crippen LogP contribution in [0.2, 0.25) is 0 Å². The Bertz CT molecular complexity index is 1280. The van der Waals surface area contributed by atoms with Gasteiger partial charge in [-0.25, -0.2) is 4.98 Å². The highest BCUT2D eigenvalue weighted by atomic mass is 32.1. The Morgan fingerprint density at radius 3 is 2.77 bits per heavy atom. The molecule has 4 aromatic rings. The molecule has 0 bridgehead atoms. The number of amides is 2. The Kier molecular flexibility index (Phi) is 5.22. The lowest BCUT2D eigenvalue weighted by Crippen LogP contribution is -2.30. The summed E-state index contributed by atoms with van der Waals surface area (Å²) in [5.41, 5.74) is 3.85. The molecule has 1 atom stereocenters. The summed E-state index contributed by atoms with van der Waals surface area (Å²) in [7, 11) is 0. The summed E-state index contributed by atoms with van der Waals surface area (Å²) >= 11 is 1.41. The highest BCUT2D eigenvalue weighted by molar-refractivity contribution is 7.14. The number of rotatable bonds is 5. The number of fused-ring (bicyclic) bond motifs is 2. The second-order valence-corrected chi connectivity index (χ2v) is 8.59. The summed E-state index contributed by atoms with van der Waals surface area (Å²) in [4.78, 5) is 29.4. The molecule has 1 aliphatic rings.